The topological polar surface area (TPSA) is 70.2 Å². The predicted octanol–water partition coefficient (Wildman–Crippen LogP) is 4.12. The number of nitrogens with one attached hydrogen (secondary N) is 2. The molecule has 0 aliphatic carbocycles. The summed E-state index contributed by atoms with van der Waals surface area (Å²) in [7, 11) is 0. The average Bonchev–Trinajstić information content (AvgIpc) is 3.29. The van der Waals surface area contributed by atoms with Crippen LogP contribution in [0.3, 0.4) is 0 Å². The molecule has 1 atom stereocenters. The number of ether oxygens (including phenoxy) is 1. The highest BCUT2D eigenvalue weighted by Crippen LogP contribution is 2.30. The van der Waals surface area contributed by atoms with Gasteiger partial charge >= 0.3 is 0 Å². The molecule has 1 aliphatic rings. The number of H-pyrrole nitrogens is 1. The Bertz CT molecular complexity index is 1260. The van der Waals surface area contributed by atoms with Crippen molar-refractivity contribution in [1.29, 1.82) is 0 Å². The van der Waals surface area contributed by atoms with Gasteiger partial charge in [-0.2, -0.15) is 0 Å². The van der Waals surface area contributed by atoms with Crippen LogP contribution in [0, 0.1) is 6.92 Å². The Morgan fingerprint density at radius 2 is 1.88 bits per heavy atom. The number of fused-ring (bicyclic) bond motifs is 1. The van der Waals surface area contributed by atoms with E-state index in [1.165, 1.54) is 11.1 Å². The molecule has 1 aliphatic heterocycles. The third-order valence-corrected chi connectivity index (χ3v) is 7.13. The summed E-state index contributed by atoms with van der Waals surface area (Å²) >= 11 is 1.56. The maximum Gasteiger partial charge on any atom is 0.259 e. The summed E-state index contributed by atoms with van der Waals surface area (Å²) in [6, 6.07) is 20.8. The second-order valence-corrected chi connectivity index (χ2v) is 9.50. The molecule has 2 aromatic carbocycles. The first kappa shape index (κ1) is 22.0. The molecule has 2 aromatic heterocycles. The van der Waals surface area contributed by atoms with Gasteiger partial charge < -0.3 is 15.0 Å². The first-order chi connectivity index (χ1) is 16.2. The zero-order valence-corrected chi connectivity index (χ0v) is 19.5. The zero-order valence-electron chi connectivity index (χ0n) is 18.7. The van der Waals surface area contributed by atoms with Crippen LogP contribution in [0.4, 0.5) is 0 Å². The SMILES string of the molecule is Cc1ccc(C(CN2CCOCC2)NCc2nc3sc(-c4ccccc4)cc3c(=O)[nH]2)cc1. The summed E-state index contributed by atoms with van der Waals surface area (Å²) in [5.74, 6) is 0.660. The Kier molecular flexibility index (Phi) is 6.64. The highest BCUT2D eigenvalue weighted by Gasteiger charge is 2.19. The van der Waals surface area contributed by atoms with Crippen molar-refractivity contribution < 1.29 is 4.74 Å². The van der Waals surface area contributed by atoms with Crippen LogP contribution in [-0.2, 0) is 11.3 Å². The first-order valence-electron chi connectivity index (χ1n) is 11.3. The van der Waals surface area contributed by atoms with Crippen LogP contribution in [0.5, 0.6) is 0 Å². The minimum atomic E-state index is -0.0877. The molecule has 1 saturated heterocycles. The van der Waals surface area contributed by atoms with E-state index in [0.29, 0.717) is 17.8 Å². The average molecular weight is 461 g/mol. The lowest BCUT2D eigenvalue weighted by atomic mass is 10.0. The molecule has 0 spiro atoms. The second kappa shape index (κ2) is 9.97. The number of benzene rings is 2. The highest BCUT2D eigenvalue weighted by atomic mass is 32.1. The maximum atomic E-state index is 12.8. The van der Waals surface area contributed by atoms with Gasteiger partial charge in [-0.05, 0) is 24.1 Å². The molecule has 6 nitrogen and oxygen atoms in total. The number of morpholine rings is 1. The van der Waals surface area contributed by atoms with E-state index in [2.05, 4.69) is 58.5 Å². The van der Waals surface area contributed by atoms with Crippen LogP contribution < -0.4 is 10.9 Å². The van der Waals surface area contributed by atoms with E-state index < -0.39 is 0 Å². The van der Waals surface area contributed by atoms with E-state index in [1.807, 2.05) is 24.3 Å². The lowest BCUT2D eigenvalue weighted by Crippen LogP contribution is -2.42. The molecule has 170 valence electrons. The van der Waals surface area contributed by atoms with Crippen LogP contribution in [0.25, 0.3) is 20.7 Å². The Hall–Kier alpha value is -2.84. The van der Waals surface area contributed by atoms with E-state index >= 15 is 0 Å². The van der Waals surface area contributed by atoms with Gasteiger partial charge in [0.05, 0.1) is 25.1 Å². The molecule has 0 saturated carbocycles. The molecule has 5 rings (SSSR count). The van der Waals surface area contributed by atoms with Crippen LogP contribution in [0.2, 0.25) is 0 Å². The van der Waals surface area contributed by atoms with E-state index in [4.69, 9.17) is 9.72 Å². The molecule has 1 fully saturated rings. The third kappa shape index (κ3) is 5.23. The van der Waals surface area contributed by atoms with Crippen molar-refractivity contribution >= 4 is 21.6 Å². The van der Waals surface area contributed by atoms with Gasteiger partial charge in [0, 0.05) is 30.6 Å². The fourth-order valence-electron chi connectivity index (χ4n) is 4.15. The normalized spacial score (nSPS) is 15.7. The molecule has 0 bridgehead atoms. The molecular weight excluding hydrogens is 432 g/mol. The molecule has 1 unspecified atom stereocenters. The van der Waals surface area contributed by atoms with E-state index in [0.717, 1.165) is 48.1 Å². The zero-order chi connectivity index (χ0) is 22.6. The third-order valence-electron chi connectivity index (χ3n) is 6.05. The number of thiophene rings is 1. The molecule has 33 heavy (non-hydrogen) atoms. The fourth-order valence-corrected chi connectivity index (χ4v) is 5.21. The molecule has 0 radical (unpaired) electrons. The number of nitrogens with zero attached hydrogens (tertiary/aromatic N) is 2. The number of aromatic nitrogens is 2. The molecular formula is C26H28N4O2S. The number of hydrogen-bond acceptors (Lipinski definition) is 6. The Morgan fingerprint density at radius 1 is 1.12 bits per heavy atom. The van der Waals surface area contributed by atoms with Crippen molar-refractivity contribution in [2.75, 3.05) is 32.8 Å². The lowest BCUT2D eigenvalue weighted by Gasteiger charge is -2.31. The van der Waals surface area contributed by atoms with Gasteiger partial charge in [0.1, 0.15) is 10.7 Å². The van der Waals surface area contributed by atoms with Crippen molar-refractivity contribution in [3.8, 4) is 10.4 Å². The van der Waals surface area contributed by atoms with Crippen LogP contribution in [0.15, 0.2) is 65.5 Å². The van der Waals surface area contributed by atoms with Crippen molar-refractivity contribution in [2.45, 2.75) is 19.5 Å². The monoisotopic (exact) mass is 460 g/mol. The van der Waals surface area contributed by atoms with Gasteiger partial charge in [-0.15, -0.1) is 11.3 Å². The van der Waals surface area contributed by atoms with Gasteiger partial charge in [-0.3, -0.25) is 9.69 Å². The summed E-state index contributed by atoms with van der Waals surface area (Å²) in [6.45, 7) is 6.89. The number of hydrogen-bond donors (Lipinski definition) is 2. The first-order valence-corrected chi connectivity index (χ1v) is 12.2. The fraction of sp³-hybridized carbons (Fsp3) is 0.308. The van der Waals surface area contributed by atoms with Crippen LogP contribution in [-0.4, -0.2) is 47.7 Å². The Labute approximate surface area is 197 Å². The van der Waals surface area contributed by atoms with Gasteiger partial charge in [0.15, 0.2) is 0 Å². The van der Waals surface area contributed by atoms with E-state index in [9.17, 15) is 4.79 Å². The maximum absolute atomic E-state index is 12.8. The molecule has 4 aromatic rings. The molecule has 7 heteroatoms. The van der Waals surface area contributed by atoms with E-state index in [-0.39, 0.29) is 11.6 Å². The highest BCUT2D eigenvalue weighted by molar-refractivity contribution is 7.21. The summed E-state index contributed by atoms with van der Waals surface area (Å²) < 4.78 is 5.51. The summed E-state index contributed by atoms with van der Waals surface area (Å²) in [4.78, 5) is 24.8. The Balaban J connectivity index is 1.37. The quantitative estimate of drug-likeness (QED) is 0.434. The van der Waals surface area contributed by atoms with Crippen molar-refractivity contribution in [1.82, 2.24) is 20.2 Å². The molecule has 3 heterocycles. The van der Waals surface area contributed by atoms with Crippen molar-refractivity contribution in [3.05, 3.63) is 88.0 Å². The van der Waals surface area contributed by atoms with E-state index in [1.54, 1.807) is 11.3 Å². The van der Waals surface area contributed by atoms with Crippen LogP contribution >= 0.6 is 11.3 Å². The van der Waals surface area contributed by atoms with Crippen molar-refractivity contribution in [2.24, 2.45) is 0 Å². The van der Waals surface area contributed by atoms with Gasteiger partial charge in [-0.25, -0.2) is 4.98 Å². The summed E-state index contributed by atoms with van der Waals surface area (Å²) in [5.41, 5.74) is 3.49. The minimum Gasteiger partial charge on any atom is -0.379 e. The predicted molar refractivity (Wildman–Crippen MR) is 134 cm³/mol. The van der Waals surface area contributed by atoms with Crippen LogP contribution in [0.1, 0.15) is 23.0 Å². The van der Waals surface area contributed by atoms with Gasteiger partial charge in [0.25, 0.3) is 5.56 Å². The van der Waals surface area contributed by atoms with Gasteiger partial charge in [-0.1, -0.05) is 60.2 Å². The second-order valence-electron chi connectivity index (χ2n) is 8.47. The lowest BCUT2D eigenvalue weighted by molar-refractivity contribution is 0.0333. The number of aromatic amines is 1. The minimum absolute atomic E-state index is 0.0877. The summed E-state index contributed by atoms with van der Waals surface area (Å²) in [6.07, 6.45) is 0. The molecule has 2 N–H and O–H groups in total. The largest absolute Gasteiger partial charge is 0.379 e. The standard InChI is InChI=1S/C26H28N4O2S/c1-18-7-9-19(10-8-18)22(17-30-11-13-32-14-12-30)27-16-24-28-25(31)21-15-23(33-26(21)29-24)20-5-3-2-4-6-20/h2-10,15,22,27H,11-14,16-17H2,1H3,(H,28,29,31). The number of rotatable bonds is 7. The smallest absolute Gasteiger partial charge is 0.259 e. The number of aryl methyl sites for hydroxylation is 1. The molecule has 0 amide bonds. The van der Waals surface area contributed by atoms with Gasteiger partial charge in [0.2, 0.25) is 0 Å². The Morgan fingerprint density at radius 3 is 2.64 bits per heavy atom. The summed E-state index contributed by atoms with van der Waals surface area (Å²) in [5, 5.41) is 4.28. The van der Waals surface area contributed by atoms with Crippen molar-refractivity contribution in [3.63, 3.8) is 0 Å².